The maximum Gasteiger partial charge on any atom is 0.311 e. The van der Waals surface area contributed by atoms with E-state index in [4.69, 9.17) is 14.2 Å². The smallest absolute Gasteiger partial charge is 0.311 e. The van der Waals surface area contributed by atoms with Crippen LogP contribution in [0, 0.1) is 10.1 Å². The van der Waals surface area contributed by atoms with Crippen molar-refractivity contribution in [2.75, 3.05) is 14.2 Å². The van der Waals surface area contributed by atoms with Crippen molar-refractivity contribution in [1.82, 2.24) is 0 Å². The molecule has 0 saturated carbocycles. The quantitative estimate of drug-likeness (QED) is 0.617. The number of benzene rings is 2. The predicted molar refractivity (Wildman–Crippen MR) is 72.7 cm³/mol. The molecule has 0 aliphatic heterocycles. The second-order valence-corrected chi connectivity index (χ2v) is 3.82. The maximum atomic E-state index is 11.0. The van der Waals surface area contributed by atoms with Crippen LogP contribution in [0.3, 0.4) is 0 Å². The zero-order valence-corrected chi connectivity index (χ0v) is 11.0. The average molecular weight is 275 g/mol. The van der Waals surface area contributed by atoms with Gasteiger partial charge in [0, 0.05) is 6.07 Å². The third kappa shape index (κ3) is 2.64. The van der Waals surface area contributed by atoms with Crippen LogP contribution in [0.15, 0.2) is 42.5 Å². The first kappa shape index (κ1) is 13.7. The van der Waals surface area contributed by atoms with Crippen LogP contribution in [-0.4, -0.2) is 19.1 Å². The molecule has 0 atom stereocenters. The Kier molecular flexibility index (Phi) is 4.05. The molecule has 0 saturated heterocycles. The fourth-order valence-electron chi connectivity index (χ4n) is 1.72. The molecule has 6 heteroatoms. The summed E-state index contributed by atoms with van der Waals surface area (Å²) in [6.45, 7) is 0. The van der Waals surface area contributed by atoms with Crippen LogP contribution in [0.2, 0.25) is 0 Å². The van der Waals surface area contributed by atoms with Crippen molar-refractivity contribution in [2.45, 2.75) is 0 Å². The van der Waals surface area contributed by atoms with Gasteiger partial charge in [-0.15, -0.1) is 0 Å². The molecule has 2 rings (SSSR count). The molecular weight excluding hydrogens is 262 g/mol. The topological polar surface area (TPSA) is 70.8 Å². The van der Waals surface area contributed by atoms with Gasteiger partial charge in [-0.3, -0.25) is 10.1 Å². The van der Waals surface area contributed by atoms with Gasteiger partial charge in [0.15, 0.2) is 11.5 Å². The number of rotatable bonds is 5. The number of nitro benzene ring substituents is 1. The summed E-state index contributed by atoms with van der Waals surface area (Å²) in [4.78, 5) is 10.5. The van der Waals surface area contributed by atoms with Gasteiger partial charge in [-0.2, -0.15) is 0 Å². The third-order valence-corrected chi connectivity index (χ3v) is 2.66. The monoisotopic (exact) mass is 275 g/mol. The Morgan fingerprint density at radius 3 is 2.00 bits per heavy atom. The van der Waals surface area contributed by atoms with Gasteiger partial charge >= 0.3 is 5.69 Å². The summed E-state index contributed by atoms with van der Waals surface area (Å²) in [6, 6.07) is 11.2. The van der Waals surface area contributed by atoms with Crippen molar-refractivity contribution >= 4 is 5.69 Å². The van der Waals surface area contributed by atoms with Crippen LogP contribution in [-0.2, 0) is 0 Å². The van der Waals surface area contributed by atoms with E-state index < -0.39 is 4.92 Å². The molecule has 0 aliphatic carbocycles. The van der Waals surface area contributed by atoms with Crippen LogP contribution >= 0.6 is 0 Å². The van der Waals surface area contributed by atoms with Crippen molar-refractivity contribution in [3.8, 4) is 23.0 Å². The number of nitrogens with zero attached hydrogens (tertiary/aromatic N) is 1. The summed E-state index contributed by atoms with van der Waals surface area (Å²) in [5.74, 6) is 1.29. The normalized spacial score (nSPS) is 9.90. The Hall–Kier alpha value is -2.76. The van der Waals surface area contributed by atoms with Crippen LogP contribution < -0.4 is 14.2 Å². The van der Waals surface area contributed by atoms with E-state index in [-0.39, 0.29) is 11.4 Å². The lowest BCUT2D eigenvalue weighted by atomic mass is 10.2. The number of para-hydroxylation sites is 3. The van der Waals surface area contributed by atoms with Gasteiger partial charge in [-0.25, -0.2) is 0 Å². The average Bonchev–Trinajstić information content (AvgIpc) is 2.47. The highest BCUT2D eigenvalue weighted by atomic mass is 16.6. The molecule has 0 radical (unpaired) electrons. The van der Waals surface area contributed by atoms with Crippen molar-refractivity contribution in [1.29, 1.82) is 0 Å². The lowest BCUT2D eigenvalue weighted by Crippen LogP contribution is -1.97. The van der Waals surface area contributed by atoms with E-state index in [2.05, 4.69) is 0 Å². The molecule has 2 aromatic carbocycles. The molecule has 0 unspecified atom stereocenters. The molecule has 0 amide bonds. The zero-order chi connectivity index (χ0) is 14.5. The van der Waals surface area contributed by atoms with Gasteiger partial charge in [-0.1, -0.05) is 18.2 Å². The highest BCUT2D eigenvalue weighted by molar-refractivity contribution is 5.56. The molecule has 20 heavy (non-hydrogen) atoms. The molecule has 0 fully saturated rings. The first-order valence-electron chi connectivity index (χ1n) is 5.79. The molecular formula is C14H13NO5. The fraction of sp³-hybridized carbons (Fsp3) is 0.143. The van der Waals surface area contributed by atoms with Gasteiger partial charge < -0.3 is 14.2 Å². The van der Waals surface area contributed by atoms with E-state index in [1.165, 1.54) is 26.4 Å². The van der Waals surface area contributed by atoms with Crippen LogP contribution in [0.1, 0.15) is 0 Å². The second kappa shape index (κ2) is 5.92. The molecule has 0 aliphatic rings. The Morgan fingerprint density at radius 1 is 0.900 bits per heavy atom. The number of hydrogen-bond acceptors (Lipinski definition) is 5. The van der Waals surface area contributed by atoms with Crippen LogP contribution in [0.4, 0.5) is 5.69 Å². The van der Waals surface area contributed by atoms with Gasteiger partial charge in [0.2, 0.25) is 11.5 Å². The highest BCUT2D eigenvalue weighted by Crippen LogP contribution is 2.42. The lowest BCUT2D eigenvalue weighted by molar-refractivity contribution is -0.385. The molecule has 0 N–H and O–H groups in total. The number of ether oxygens (including phenoxy) is 3. The second-order valence-electron chi connectivity index (χ2n) is 3.82. The number of nitro groups is 1. The number of methoxy groups -OCH3 is 2. The number of hydrogen-bond donors (Lipinski definition) is 0. The van der Waals surface area contributed by atoms with E-state index in [0.717, 1.165) is 0 Å². The largest absolute Gasteiger partial charge is 0.493 e. The molecule has 104 valence electrons. The minimum Gasteiger partial charge on any atom is -0.493 e. The van der Waals surface area contributed by atoms with E-state index in [9.17, 15) is 10.1 Å². The van der Waals surface area contributed by atoms with Gasteiger partial charge in [0.05, 0.1) is 19.1 Å². The molecule has 0 spiro atoms. The summed E-state index contributed by atoms with van der Waals surface area (Å²) in [7, 11) is 2.97. The third-order valence-electron chi connectivity index (χ3n) is 2.66. The Morgan fingerprint density at radius 2 is 1.45 bits per heavy atom. The Labute approximate surface area is 115 Å². The van der Waals surface area contributed by atoms with Crippen LogP contribution in [0.25, 0.3) is 0 Å². The summed E-state index contributed by atoms with van der Waals surface area (Å²) in [5, 5.41) is 11.0. The molecule has 2 aromatic rings. The fourth-order valence-corrected chi connectivity index (χ4v) is 1.72. The summed E-state index contributed by atoms with van der Waals surface area (Å²) < 4.78 is 16.0. The van der Waals surface area contributed by atoms with Gasteiger partial charge in [0.25, 0.3) is 0 Å². The van der Waals surface area contributed by atoms with E-state index in [1.54, 1.807) is 30.3 Å². The van der Waals surface area contributed by atoms with E-state index in [1.807, 2.05) is 0 Å². The van der Waals surface area contributed by atoms with E-state index in [0.29, 0.717) is 17.2 Å². The molecule has 0 aromatic heterocycles. The molecule has 0 bridgehead atoms. The zero-order valence-electron chi connectivity index (χ0n) is 11.0. The maximum absolute atomic E-state index is 11.0. The van der Waals surface area contributed by atoms with E-state index >= 15 is 0 Å². The van der Waals surface area contributed by atoms with Gasteiger partial charge in [-0.05, 0) is 18.2 Å². The minimum atomic E-state index is -0.503. The Balaban J connectivity index is 2.47. The van der Waals surface area contributed by atoms with Crippen molar-refractivity contribution in [3.05, 3.63) is 52.6 Å². The predicted octanol–water partition coefficient (Wildman–Crippen LogP) is 3.40. The van der Waals surface area contributed by atoms with Gasteiger partial charge in [0.1, 0.15) is 0 Å². The molecule has 0 heterocycles. The molecule has 6 nitrogen and oxygen atoms in total. The first-order chi connectivity index (χ1) is 9.67. The highest BCUT2D eigenvalue weighted by Gasteiger charge is 2.19. The van der Waals surface area contributed by atoms with Crippen molar-refractivity contribution in [2.24, 2.45) is 0 Å². The van der Waals surface area contributed by atoms with Crippen molar-refractivity contribution < 1.29 is 19.1 Å². The lowest BCUT2D eigenvalue weighted by Gasteiger charge is -2.13. The summed E-state index contributed by atoms with van der Waals surface area (Å²) in [5.41, 5.74) is -0.125. The Bertz CT molecular complexity index is 604. The van der Waals surface area contributed by atoms with Crippen molar-refractivity contribution in [3.63, 3.8) is 0 Å². The van der Waals surface area contributed by atoms with Crippen LogP contribution in [0.5, 0.6) is 23.0 Å². The summed E-state index contributed by atoms with van der Waals surface area (Å²) >= 11 is 0. The standard InChI is InChI=1S/C14H13NO5/c1-18-12-8-5-9-13(19-2)14(12)20-11-7-4-3-6-10(11)15(16)17/h3-9H,1-2H3. The summed E-state index contributed by atoms with van der Waals surface area (Å²) in [6.07, 6.45) is 0. The SMILES string of the molecule is COc1cccc(OC)c1Oc1ccccc1[N+](=O)[O-]. The first-order valence-corrected chi connectivity index (χ1v) is 5.79. The minimum absolute atomic E-state index is 0.125.